The average Bonchev–Trinajstić information content (AvgIpc) is 3.16. The Hall–Kier alpha value is -2.26. The molecule has 0 atom stereocenters. The lowest BCUT2D eigenvalue weighted by Crippen LogP contribution is -2.11. The molecule has 1 N–H and O–H groups in total. The van der Waals surface area contributed by atoms with Crippen LogP contribution in [0.5, 0.6) is 0 Å². The van der Waals surface area contributed by atoms with E-state index in [0.717, 1.165) is 24.2 Å². The molecular formula is C16H13FN4O2S2. The Morgan fingerprint density at radius 2 is 2.24 bits per heavy atom. The number of thioether (sulfide) groups is 1. The molecule has 25 heavy (non-hydrogen) atoms. The third-order valence-corrected chi connectivity index (χ3v) is 5.66. The first-order chi connectivity index (χ1) is 12.2. The summed E-state index contributed by atoms with van der Waals surface area (Å²) in [6, 6.07) is 8.09. The predicted octanol–water partition coefficient (Wildman–Crippen LogP) is 4.09. The van der Waals surface area contributed by atoms with E-state index in [0.29, 0.717) is 21.1 Å². The lowest BCUT2D eigenvalue weighted by Gasteiger charge is -1.98. The van der Waals surface area contributed by atoms with E-state index in [4.69, 9.17) is 4.52 Å². The summed E-state index contributed by atoms with van der Waals surface area (Å²) in [5.41, 5.74) is 1.10. The van der Waals surface area contributed by atoms with E-state index >= 15 is 0 Å². The summed E-state index contributed by atoms with van der Waals surface area (Å²) in [6.07, 6.45) is 2.16. The fourth-order valence-corrected chi connectivity index (χ4v) is 3.90. The lowest BCUT2D eigenvalue weighted by molar-refractivity contribution is 0.101. The monoisotopic (exact) mass is 376 g/mol. The van der Waals surface area contributed by atoms with Gasteiger partial charge in [-0.3, -0.25) is 10.1 Å². The van der Waals surface area contributed by atoms with Crippen LogP contribution in [0.25, 0.3) is 0 Å². The number of benzene rings is 1. The molecule has 0 bridgehead atoms. The van der Waals surface area contributed by atoms with Gasteiger partial charge in [0, 0.05) is 17.7 Å². The topological polar surface area (TPSA) is 80.9 Å². The fourth-order valence-electron chi connectivity index (χ4n) is 2.21. The molecule has 2 aromatic heterocycles. The zero-order chi connectivity index (χ0) is 17.2. The molecule has 3 aromatic rings. The summed E-state index contributed by atoms with van der Waals surface area (Å²) < 4.78 is 19.0. The summed E-state index contributed by atoms with van der Waals surface area (Å²) in [6.45, 7) is 0. The highest BCUT2D eigenvalue weighted by Gasteiger charge is 2.29. The van der Waals surface area contributed by atoms with Crippen molar-refractivity contribution in [1.82, 2.24) is 15.4 Å². The van der Waals surface area contributed by atoms with Gasteiger partial charge < -0.3 is 4.52 Å². The first-order valence-corrected chi connectivity index (χ1v) is 9.46. The standard InChI is InChI=1S/C16H13FN4O2S2/c17-11-3-1-2-9(6-11)8-24-16-20-19-15(25-16)18-14(22)12-7-13(23-21-12)10-4-5-10/h1-3,6-7,10H,4-5,8H2,(H,18,19,22). The van der Waals surface area contributed by atoms with Gasteiger partial charge in [0.25, 0.3) is 5.91 Å². The van der Waals surface area contributed by atoms with Crippen molar-refractivity contribution in [1.29, 1.82) is 0 Å². The van der Waals surface area contributed by atoms with Crippen molar-refractivity contribution in [2.24, 2.45) is 0 Å². The third-order valence-electron chi connectivity index (χ3n) is 3.62. The number of anilines is 1. The third kappa shape index (κ3) is 4.05. The van der Waals surface area contributed by atoms with Crippen LogP contribution in [0.15, 0.2) is 39.2 Å². The van der Waals surface area contributed by atoms with Crippen molar-refractivity contribution in [3.8, 4) is 0 Å². The number of rotatable bonds is 6. The highest BCUT2D eigenvalue weighted by atomic mass is 32.2. The molecule has 6 nitrogen and oxygen atoms in total. The summed E-state index contributed by atoms with van der Waals surface area (Å²) in [5, 5.41) is 14.8. The minimum atomic E-state index is -0.367. The van der Waals surface area contributed by atoms with Gasteiger partial charge in [-0.05, 0) is 30.5 Å². The molecular weight excluding hydrogens is 363 g/mol. The predicted molar refractivity (Wildman–Crippen MR) is 92.3 cm³/mol. The first-order valence-electron chi connectivity index (χ1n) is 7.66. The van der Waals surface area contributed by atoms with Crippen LogP contribution in [0.2, 0.25) is 0 Å². The normalized spacial score (nSPS) is 13.8. The maximum Gasteiger partial charge on any atom is 0.279 e. The van der Waals surface area contributed by atoms with Crippen LogP contribution in [-0.2, 0) is 5.75 Å². The van der Waals surface area contributed by atoms with E-state index in [9.17, 15) is 9.18 Å². The van der Waals surface area contributed by atoms with Gasteiger partial charge in [-0.1, -0.05) is 40.4 Å². The van der Waals surface area contributed by atoms with Gasteiger partial charge in [0.1, 0.15) is 11.6 Å². The number of nitrogens with one attached hydrogen (secondary N) is 1. The van der Waals surface area contributed by atoms with Gasteiger partial charge >= 0.3 is 0 Å². The molecule has 4 rings (SSSR count). The highest BCUT2D eigenvalue weighted by Crippen LogP contribution is 2.40. The Morgan fingerprint density at radius 3 is 3.04 bits per heavy atom. The smallest absolute Gasteiger partial charge is 0.279 e. The van der Waals surface area contributed by atoms with E-state index in [2.05, 4.69) is 20.7 Å². The zero-order valence-corrected chi connectivity index (χ0v) is 14.6. The van der Waals surface area contributed by atoms with Crippen LogP contribution in [-0.4, -0.2) is 21.3 Å². The minimum absolute atomic E-state index is 0.242. The number of carbonyl (C=O) groups excluding carboxylic acids is 1. The molecule has 128 valence electrons. The summed E-state index contributed by atoms with van der Waals surface area (Å²) in [5.74, 6) is 1.11. The van der Waals surface area contributed by atoms with Crippen molar-refractivity contribution < 1.29 is 13.7 Å². The van der Waals surface area contributed by atoms with Crippen LogP contribution in [0.3, 0.4) is 0 Å². The fraction of sp³-hybridized carbons (Fsp3) is 0.250. The van der Waals surface area contributed by atoms with E-state index in [1.807, 2.05) is 6.07 Å². The van der Waals surface area contributed by atoms with E-state index < -0.39 is 0 Å². The van der Waals surface area contributed by atoms with Crippen LogP contribution in [0, 0.1) is 5.82 Å². The number of nitrogens with zero attached hydrogens (tertiary/aromatic N) is 3. The average molecular weight is 376 g/mol. The van der Waals surface area contributed by atoms with Crippen LogP contribution < -0.4 is 5.32 Å². The van der Waals surface area contributed by atoms with Gasteiger partial charge in [-0.25, -0.2) is 4.39 Å². The molecule has 0 saturated heterocycles. The number of carbonyl (C=O) groups is 1. The van der Waals surface area contributed by atoms with Gasteiger partial charge in [-0.15, -0.1) is 10.2 Å². The number of hydrogen-bond acceptors (Lipinski definition) is 7. The Labute approximate surface area is 150 Å². The molecule has 9 heteroatoms. The molecule has 1 aliphatic rings. The largest absolute Gasteiger partial charge is 0.360 e. The van der Waals surface area contributed by atoms with Crippen molar-refractivity contribution in [3.05, 3.63) is 53.2 Å². The Kier molecular flexibility index (Phi) is 4.50. The lowest BCUT2D eigenvalue weighted by atomic mass is 10.2. The molecule has 2 heterocycles. The van der Waals surface area contributed by atoms with E-state index in [1.54, 1.807) is 12.1 Å². The van der Waals surface area contributed by atoms with Crippen molar-refractivity contribution >= 4 is 34.1 Å². The summed E-state index contributed by atoms with van der Waals surface area (Å²) >= 11 is 2.70. The number of amides is 1. The molecule has 1 aliphatic carbocycles. The van der Waals surface area contributed by atoms with E-state index in [1.165, 1.54) is 35.2 Å². The van der Waals surface area contributed by atoms with E-state index in [-0.39, 0.29) is 17.4 Å². The van der Waals surface area contributed by atoms with Crippen LogP contribution >= 0.6 is 23.1 Å². The Morgan fingerprint density at radius 1 is 1.36 bits per heavy atom. The number of aromatic nitrogens is 3. The molecule has 1 fully saturated rings. The molecule has 1 saturated carbocycles. The maximum absolute atomic E-state index is 13.2. The zero-order valence-electron chi connectivity index (χ0n) is 12.9. The maximum atomic E-state index is 13.2. The van der Waals surface area contributed by atoms with Gasteiger partial charge in [0.15, 0.2) is 10.0 Å². The van der Waals surface area contributed by atoms with Crippen molar-refractivity contribution in [2.45, 2.75) is 28.9 Å². The van der Waals surface area contributed by atoms with Crippen LogP contribution in [0.4, 0.5) is 9.52 Å². The first kappa shape index (κ1) is 16.2. The van der Waals surface area contributed by atoms with Gasteiger partial charge in [-0.2, -0.15) is 0 Å². The second-order valence-electron chi connectivity index (χ2n) is 5.63. The van der Waals surface area contributed by atoms with Gasteiger partial charge in [0.2, 0.25) is 5.13 Å². The molecule has 0 spiro atoms. The Balaban J connectivity index is 1.34. The Bertz CT molecular complexity index is 907. The van der Waals surface area contributed by atoms with Crippen molar-refractivity contribution in [3.63, 3.8) is 0 Å². The highest BCUT2D eigenvalue weighted by molar-refractivity contribution is 8.00. The second kappa shape index (κ2) is 6.93. The molecule has 0 radical (unpaired) electrons. The molecule has 0 aliphatic heterocycles. The van der Waals surface area contributed by atoms with Crippen molar-refractivity contribution in [2.75, 3.05) is 5.32 Å². The summed E-state index contributed by atoms with van der Waals surface area (Å²) in [7, 11) is 0. The minimum Gasteiger partial charge on any atom is -0.360 e. The summed E-state index contributed by atoms with van der Waals surface area (Å²) in [4.78, 5) is 12.2. The van der Waals surface area contributed by atoms with Crippen LogP contribution in [0.1, 0.15) is 40.6 Å². The SMILES string of the molecule is O=C(Nc1nnc(SCc2cccc(F)c2)s1)c1cc(C2CC2)on1. The number of halogens is 1. The number of hydrogen-bond donors (Lipinski definition) is 1. The molecule has 1 aromatic carbocycles. The van der Waals surface area contributed by atoms with Gasteiger partial charge in [0.05, 0.1) is 0 Å². The molecule has 0 unspecified atom stereocenters. The molecule has 1 amide bonds. The quantitative estimate of drug-likeness (QED) is 0.516. The second-order valence-corrected chi connectivity index (χ2v) is 7.83.